The van der Waals surface area contributed by atoms with Crippen LogP contribution in [0.5, 0.6) is 0 Å². The number of carbonyl (C=O) groups excluding carboxylic acids is 1. The van der Waals surface area contributed by atoms with E-state index in [-0.39, 0.29) is 12.5 Å². The molecule has 1 atom stereocenters. The molecule has 0 bridgehead atoms. The maximum absolute atomic E-state index is 11.4. The van der Waals surface area contributed by atoms with Gasteiger partial charge in [-0.25, -0.2) is 4.79 Å². The molecule has 0 saturated heterocycles. The molecule has 2 N–H and O–H groups in total. The van der Waals surface area contributed by atoms with Crippen molar-refractivity contribution in [2.24, 2.45) is 5.92 Å². The minimum absolute atomic E-state index is 0.116. The molecule has 0 aliphatic carbocycles. The van der Waals surface area contributed by atoms with Gasteiger partial charge in [-0.05, 0) is 47.0 Å². The number of rotatable bonds is 5. The first-order valence-corrected chi connectivity index (χ1v) is 5.97. The Morgan fingerprint density at radius 1 is 1.41 bits per heavy atom. The Balaban J connectivity index is 4.13. The number of carbonyl (C=O) groups is 1. The van der Waals surface area contributed by atoms with E-state index in [1.165, 1.54) is 5.57 Å². The predicted molar refractivity (Wildman–Crippen MR) is 68.9 cm³/mol. The Morgan fingerprint density at radius 2 is 2.00 bits per heavy atom. The minimum Gasteiger partial charge on any atom is -0.444 e. The summed E-state index contributed by atoms with van der Waals surface area (Å²) in [6.07, 6.45) is 2.27. The average Bonchev–Trinajstić information content (AvgIpc) is 2.11. The van der Waals surface area contributed by atoms with Crippen LogP contribution >= 0.6 is 0 Å². The van der Waals surface area contributed by atoms with Crippen molar-refractivity contribution in [3.63, 3.8) is 0 Å². The van der Waals surface area contributed by atoms with Gasteiger partial charge < -0.3 is 15.2 Å². The molecule has 0 spiro atoms. The van der Waals surface area contributed by atoms with Gasteiger partial charge in [0.05, 0.1) is 0 Å². The van der Waals surface area contributed by atoms with E-state index < -0.39 is 11.7 Å². The van der Waals surface area contributed by atoms with Crippen molar-refractivity contribution >= 4 is 6.09 Å². The molecule has 0 saturated carbocycles. The molecule has 100 valence electrons. The molecule has 0 aromatic rings. The zero-order valence-electron chi connectivity index (χ0n) is 11.5. The zero-order chi connectivity index (χ0) is 13.5. The number of aliphatic hydroxyl groups excluding tert-OH is 1. The van der Waals surface area contributed by atoms with E-state index in [9.17, 15) is 4.79 Å². The van der Waals surface area contributed by atoms with Crippen molar-refractivity contribution in [1.82, 2.24) is 5.32 Å². The van der Waals surface area contributed by atoms with Crippen molar-refractivity contribution in [3.05, 3.63) is 11.6 Å². The Labute approximate surface area is 104 Å². The lowest BCUT2D eigenvalue weighted by atomic mass is 10.0. The van der Waals surface area contributed by atoms with E-state index in [4.69, 9.17) is 9.84 Å². The predicted octanol–water partition coefficient (Wildman–Crippen LogP) is 2.48. The summed E-state index contributed by atoms with van der Waals surface area (Å²) in [6, 6.07) is 0. The first-order valence-electron chi connectivity index (χ1n) is 5.97. The third-order valence-corrected chi connectivity index (χ3v) is 1.98. The molecule has 0 radical (unpaired) electrons. The van der Waals surface area contributed by atoms with Crippen LogP contribution in [0, 0.1) is 5.92 Å². The summed E-state index contributed by atoms with van der Waals surface area (Å²) in [4.78, 5) is 11.4. The molecule has 1 unspecified atom stereocenters. The van der Waals surface area contributed by atoms with Gasteiger partial charge in [0, 0.05) is 13.2 Å². The van der Waals surface area contributed by atoms with Crippen molar-refractivity contribution in [3.8, 4) is 0 Å². The van der Waals surface area contributed by atoms with Crippen molar-refractivity contribution in [2.75, 3.05) is 13.2 Å². The number of ether oxygens (including phenoxy) is 1. The number of nitrogens with one attached hydrogen (secondary N) is 1. The van der Waals surface area contributed by atoms with Crippen LogP contribution in [0.25, 0.3) is 0 Å². The number of alkyl carbamates (subject to hydrolysis) is 1. The Kier molecular flexibility index (Phi) is 6.88. The Hall–Kier alpha value is -1.03. The second kappa shape index (κ2) is 7.33. The van der Waals surface area contributed by atoms with E-state index in [1.807, 2.05) is 40.7 Å². The molecule has 0 aromatic heterocycles. The molecule has 0 aliphatic rings. The van der Waals surface area contributed by atoms with Crippen molar-refractivity contribution < 1.29 is 14.6 Å². The summed E-state index contributed by atoms with van der Waals surface area (Å²) in [5.41, 5.74) is 0.696. The van der Waals surface area contributed by atoms with Crippen LogP contribution in [-0.2, 0) is 4.74 Å². The quantitative estimate of drug-likeness (QED) is 0.729. The largest absolute Gasteiger partial charge is 0.444 e. The van der Waals surface area contributed by atoms with E-state index in [0.717, 1.165) is 0 Å². The second-order valence-electron chi connectivity index (χ2n) is 5.40. The number of amides is 1. The maximum atomic E-state index is 11.4. The van der Waals surface area contributed by atoms with Gasteiger partial charge in [0.2, 0.25) is 0 Å². The molecule has 4 nitrogen and oxygen atoms in total. The zero-order valence-corrected chi connectivity index (χ0v) is 11.5. The van der Waals surface area contributed by atoms with Crippen LogP contribution in [0.15, 0.2) is 11.6 Å². The highest BCUT2D eigenvalue weighted by molar-refractivity contribution is 5.67. The first kappa shape index (κ1) is 16.0. The summed E-state index contributed by atoms with van der Waals surface area (Å²) in [5.74, 6) is 0.150. The highest BCUT2D eigenvalue weighted by Crippen LogP contribution is 2.09. The van der Waals surface area contributed by atoms with Crippen LogP contribution in [-0.4, -0.2) is 30.0 Å². The Morgan fingerprint density at radius 3 is 2.41 bits per heavy atom. The topological polar surface area (TPSA) is 58.6 Å². The Bertz CT molecular complexity index is 262. The fourth-order valence-electron chi connectivity index (χ4n) is 1.41. The fourth-order valence-corrected chi connectivity index (χ4v) is 1.41. The summed E-state index contributed by atoms with van der Waals surface area (Å²) in [5, 5.41) is 11.6. The van der Waals surface area contributed by atoms with Crippen molar-refractivity contribution in [1.29, 1.82) is 0 Å². The van der Waals surface area contributed by atoms with Gasteiger partial charge in [-0.3, -0.25) is 0 Å². The number of allylic oxidation sites excluding steroid dienone is 1. The van der Waals surface area contributed by atoms with E-state index in [2.05, 4.69) is 5.32 Å². The molecular weight excluding hydrogens is 218 g/mol. The van der Waals surface area contributed by atoms with E-state index >= 15 is 0 Å². The monoisotopic (exact) mass is 243 g/mol. The molecule has 1 amide bonds. The highest BCUT2D eigenvalue weighted by Gasteiger charge is 2.16. The lowest BCUT2D eigenvalue weighted by Crippen LogP contribution is -2.35. The molecule has 0 fully saturated rings. The molecule has 0 aliphatic heterocycles. The van der Waals surface area contributed by atoms with Gasteiger partial charge in [0.15, 0.2) is 0 Å². The lowest BCUT2D eigenvalue weighted by molar-refractivity contribution is 0.0520. The minimum atomic E-state index is -0.479. The molecule has 0 heterocycles. The SMILES string of the molecule is CC(C)=CC(CCO)CNC(=O)OC(C)(C)C. The fraction of sp³-hybridized carbons (Fsp3) is 0.769. The lowest BCUT2D eigenvalue weighted by Gasteiger charge is -2.21. The van der Waals surface area contributed by atoms with E-state index in [1.54, 1.807) is 0 Å². The number of hydrogen-bond acceptors (Lipinski definition) is 3. The standard InChI is InChI=1S/C13H25NO3/c1-10(2)8-11(6-7-15)9-14-12(16)17-13(3,4)5/h8,11,15H,6-7,9H2,1-5H3,(H,14,16). The highest BCUT2D eigenvalue weighted by atomic mass is 16.6. The van der Waals surface area contributed by atoms with Gasteiger partial charge in [0.25, 0.3) is 0 Å². The normalized spacial score (nSPS) is 12.8. The molecular formula is C13H25NO3. The third kappa shape index (κ3) is 9.87. The van der Waals surface area contributed by atoms with Crippen LogP contribution in [0.4, 0.5) is 4.79 Å². The number of hydrogen-bond donors (Lipinski definition) is 2. The second-order valence-corrected chi connectivity index (χ2v) is 5.40. The van der Waals surface area contributed by atoms with Gasteiger partial charge >= 0.3 is 6.09 Å². The molecule has 0 rings (SSSR count). The number of aliphatic hydroxyl groups is 1. The average molecular weight is 243 g/mol. The molecule has 0 aromatic carbocycles. The van der Waals surface area contributed by atoms with Gasteiger partial charge in [-0.1, -0.05) is 11.6 Å². The smallest absolute Gasteiger partial charge is 0.407 e. The molecule has 17 heavy (non-hydrogen) atoms. The first-order chi connectivity index (χ1) is 7.74. The molecule has 4 heteroatoms. The van der Waals surface area contributed by atoms with Crippen LogP contribution in [0.2, 0.25) is 0 Å². The third-order valence-electron chi connectivity index (χ3n) is 1.98. The summed E-state index contributed by atoms with van der Waals surface area (Å²) >= 11 is 0. The van der Waals surface area contributed by atoms with Crippen LogP contribution in [0.3, 0.4) is 0 Å². The van der Waals surface area contributed by atoms with Gasteiger partial charge in [-0.15, -0.1) is 0 Å². The van der Waals surface area contributed by atoms with Gasteiger partial charge in [-0.2, -0.15) is 0 Å². The van der Waals surface area contributed by atoms with Crippen LogP contribution < -0.4 is 5.32 Å². The van der Waals surface area contributed by atoms with E-state index in [0.29, 0.717) is 13.0 Å². The summed E-state index contributed by atoms with van der Waals surface area (Å²) < 4.78 is 5.14. The maximum Gasteiger partial charge on any atom is 0.407 e. The summed E-state index contributed by atoms with van der Waals surface area (Å²) in [7, 11) is 0. The van der Waals surface area contributed by atoms with Gasteiger partial charge in [0.1, 0.15) is 5.60 Å². The van der Waals surface area contributed by atoms with Crippen LogP contribution in [0.1, 0.15) is 41.0 Å². The summed E-state index contributed by atoms with van der Waals surface area (Å²) in [6.45, 7) is 10.1. The van der Waals surface area contributed by atoms with Crippen molar-refractivity contribution in [2.45, 2.75) is 46.6 Å².